The predicted molar refractivity (Wildman–Crippen MR) is 73.9 cm³/mol. The molecule has 1 atom stereocenters. The Balaban J connectivity index is 2.62. The van der Waals surface area contributed by atoms with Crippen molar-refractivity contribution in [3.8, 4) is 5.75 Å². The van der Waals surface area contributed by atoms with Crippen molar-refractivity contribution in [1.82, 2.24) is 4.90 Å². The zero-order valence-electron chi connectivity index (χ0n) is 11.6. The highest BCUT2D eigenvalue weighted by molar-refractivity contribution is 5.29. The third-order valence-corrected chi connectivity index (χ3v) is 3.05. The molecule has 2 N–H and O–H groups in total. The van der Waals surface area contributed by atoms with Crippen molar-refractivity contribution in [2.75, 3.05) is 40.5 Å². The van der Waals surface area contributed by atoms with E-state index in [9.17, 15) is 0 Å². The molecule has 0 aliphatic rings. The zero-order chi connectivity index (χ0) is 13.4. The summed E-state index contributed by atoms with van der Waals surface area (Å²) in [6.07, 6.45) is 0. The summed E-state index contributed by atoms with van der Waals surface area (Å²) >= 11 is 0. The van der Waals surface area contributed by atoms with Crippen LogP contribution in [0.2, 0.25) is 0 Å². The van der Waals surface area contributed by atoms with Crippen LogP contribution < -0.4 is 10.5 Å². The van der Waals surface area contributed by atoms with Gasteiger partial charge in [0, 0.05) is 25.7 Å². The van der Waals surface area contributed by atoms with Crippen LogP contribution in [0.15, 0.2) is 24.3 Å². The third-order valence-electron chi connectivity index (χ3n) is 3.05. The molecule has 0 aromatic heterocycles. The van der Waals surface area contributed by atoms with E-state index >= 15 is 0 Å². The first kappa shape index (κ1) is 15.0. The minimum absolute atomic E-state index is 0.219. The second kappa shape index (κ2) is 8.08. The topological polar surface area (TPSA) is 47.7 Å². The van der Waals surface area contributed by atoms with E-state index < -0.39 is 0 Å². The molecule has 0 aliphatic heterocycles. The quantitative estimate of drug-likeness (QED) is 0.715. The Hall–Kier alpha value is -1.10. The van der Waals surface area contributed by atoms with Crippen LogP contribution >= 0.6 is 0 Å². The van der Waals surface area contributed by atoms with Gasteiger partial charge < -0.3 is 15.2 Å². The monoisotopic (exact) mass is 252 g/mol. The Labute approximate surface area is 110 Å². The average molecular weight is 252 g/mol. The van der Waals surface area contributed by atoms with Crippen LogP contribution in [0.1, 0.15) is 18.5 Å². The number of rotatable bonds is 8. The lowest BCUT2D eigenvalue weighted by molar-refractivity contribution is 0.108. The molecule has 0 radical (unpaired) electrons. The number of hydrogen-bond donors (Lipinski definition) is 1. The summed E-state index contributed by atoms with van der Waals surface area (Å²) in [5, 5.41) is 0. The summed E-state index contributed by atoms with van der Waals surface area (Å²) < 4.78 is 10.5. The van der Waals surface area contributed by atoms with Crippen molar-refractivity contribution in [2.45, 2.75) is 13.0 Å². The van der Waals surface area contributed by atoms with E-state index in [4.69, 9.17) is 15.2 Å². The lowest BCUT2D eigenvalue weighted by atomic mass is 10.1. The Morgan fingerprint density at radius 1 is 1.28 bits per heavy atom. The van der Waals surface area contributed by atoms with Crippen LogP contribution in [0.3, 0.4) is 0 Å². The van der Waals surface area contributed by atoms with Crippen molar-refractivity contribution in [2.24, 2.45) is 5.73 Å². The number of nitrogens with two attached hydrogens (primary N) is 1. The normalized spacial score (nSPS) is 12.7. The fourth-order valence-corrected chi connectivity index (χ4v) is 1.91. The number of methoxy groups -OCH3 is 1. The molecular formula is C14H24N2O2. The van der Waals surface area contributed by atoms with E-state index in [0.717, 1.165) is 25.5 Å². The molecule has 0 heterocycles. The van der Waals surface area contributed by atoms with Gasteiger partial charge in [-0.1, -0.05) is 12.1 Å². The minimum atomic E-state index is 0.219. The van der Waals surface area contributed by atoms with Gasteiger partial charge in [0.2, 0.25) is 0 Å². The maximum atomic E-state index is 5.87. The molecule has 1 rings (SSSR count). The third kappa shape index (κ3) is 4.29. The molecule has 1 aromatic rings. The second-order valence-electron chi connectivity index (χ2n) is 4.20. The van der Waals surface area contributed by atoms with Crippen LogP contribution in [0.5, 0.6) is 5.75 Å². The van der Waals surface area contributed by atoms with Crippen LogP contribution in [-0.2, 0) is 4.74 Å². The van der Waals surface area contributed by atoms with E-state index in [0.29, 0.717) is 6.54 Å². The highest BCUT2D eigenvalue weighted by Gasteiger charge is 2.14. The molecule has 0 amide bonds. The number of benzene rings is 1. The Kier molecular flexibility index (Phi) is 6.72. The van der Waals surface area contributed by atoms with Crippen molar-refractivity contribution in [1.29, 1.82) is 0 Å². The fraction of sp³-hybridized carbons (Fsp3) is 0.571. The summed E-state index contributed by atoms with van der Waals surface area (Å²) in [5.41, 5.74) is 7.07. The van der Waals surface area contributed by atoms with E-state index in [-0.39, 0.29) is 6.04 Å². The largest absolute Gasteiger partial charge is 0.497 e. The SMILES string of the molecule is CCOCCN(C)C(CN)c1ccc(OC)cc1. The van der Waals surface area contributed by atoms with Crippen molar-refractivity contribution >= 4 is 0 Å². The molecule has 0 fully saturated rings. The lowest BCUT2D eigenvalue weighted by Crippen LogP contribution is -2.33. The minimum Gasteiger partial charge on any atom is -0.497 e. The maximum Gasteiger partial charge on any atom is 0.118 e. The molecule has 102 valence electrons. The summed E-state index contributed by atoms with van der Waals surface area (Å²) in [5.74, 6) is 0.867. The molecule has 0 spiro atoms. The van der Waals surface area contributed by atoms with E-state index in [1.807, 2.05) is 19.1 Å². The van der Waals surface area contributed by atoms with Crippen LogP contribution in [0.4, 0.5) is 0 Å². The van der Waals surface area contributed by atoms with Crippen LogP contribution in [0, 0.1) is 0 Å². The van der Waals surface area contributed by atoms with Gasteiger partial charge in [-0.05, 0) is 31.7 Å². The summed E-state index contributed by atoms with van der Waals surface area (Å²) in [4.78, 5) is 2.22. The fourth-order valence-electron chi connectivity index (χ4n) is 1.91. The van der Waals surface area contributed by atoms with Crippen LogP contribution in [0.25, 0.3) is 0 Å². The number of hydrogen-bond acceptors (Lipinski definition) is 4. The molecular weight excluding hydrogens is 228 g/mol. The van der Waals surface area contributed by atoms with Gasteiger partial charge in [-0.2, -0.15) is 0 Å². The van der Waals surface area contributed by atoms with Gasteiger partial charge in [0.05, 0.1) is 13.7 Å². The van der Waals surface area contributed by atoms with Gasteiger partial charge in [0.25, 0.3) is 0 Å². The molecule has 1 aromatic carbocycles. The maximum absolute atomic E-state index is 5.87. The van der Waals surface area contributed by atoms with Gasteiger partial charge >= 0.3 is 0 Å². The van der Waals surface area contributed by atoms with E-state index in [2.05, 4.69) is 24.1 Å². The summed E-state index contributed by atoms with van der Waals surface area (Å²) in [6.45, 7) is 4.96. The smallest absolute Gasteiger partial charge is 0.118 e. The number of likely N-dealkylation sites (N-methyl/N-ethyl adjacent to an activating group) is 1. The zero-order valence-corrected chi connectivity index (χ0v) is 11.6. The summed E-state index contributed by atoms with van der Waals surface area (Å²) in [6, 6.07) is 8.28. The number of nitrogens with zero attached hydrogens (tertiary/aromatic N) is 1. The van der Waals surface area contributed by atoms with Crippen molar-refractivity contribution in [3.05, 3.63) is 29.8 Å². The van der Waals surface area contributed by atoms with E-state index in [1.54, 1.807) is 7.11 Å². The van der Waals surface area contributed by atoms with Crippen molar-refractivity contribution in [3.63, 3.8) is 0 Å². The molecule has 1 unspecified atom stereocenters. The molecule has 4 heteroatoms. The van der Waals surface area contributed by atoms with Gasteiger partial charge in [-0.15, -0.1) is 0 Å². The Bertz CT molecular complexity index is 327. The summed E-state index contributed by atoms with van der Waals surface area (Å²) in [7, 11) is 3.74. The van der Waals surface area contributed by atoms with Gasteiger partial charge in [0.15, 0.2) is 0 Å². The molecule has 4 nitrogen and oxygen atoms in total. The highest BCUT2D eigenvalue weighted by Crippen LogP contribution is 2.20. The van der Waals surface area contributed by atoms with Gasteiger partial charge in [-0.25, -0.2) is 0 Å². The molecule has 0 bridgehead atoms. The Morgan fingerprint density at radius 2 is 1.94 bits per heavy atom. The second-order valence-corrected chi connectivity index (χ2v) is 4.20. The first-order valence-electron chi connectivity index (χ1n) is 6.35. The first-order chi connectivity index (χ1) is 8.72. The first-order valence-corrected chi connectivity index (χ1v) is 6.35. The average Bonchev–Trinajstić information content (AvgIpc) is 2.41. The van der Waals surface area contributed by atoms with Gasteiger partial charge in [0.1, 0.15) is 5.75 Å². The standard InChI is InChI=1S/C14H24N2O2/c1-4-18-10-9-16(2)14(11-15)12-5-7-13(17-3)8-6-12/h5-8,14H,4,9-11,15H2,1-3H3. The molecule has 0 aliphatic carbocycles. The molecule has 18 heavy (non-hydrogen) atoms. The van der Waals surface area contributed by atoms with Crippen molar-refractivity contribution < 1.29 is 9.47 Å². The Morgan fingerprint density at radius 3 is 2.44 bits per heavy atom. The number of ether oxygens (including phenoxy) is 2. The molecule has 0 saturated carbocycles. The van der Waals surface area contributed by atoms with E-state index in [1.165, 1.54) is 5.56 Å². The van der Waals surface area contributed by atoms with Crippen LogP contribution in [-0.4, -0.2) is 45.4 Å². The predicted octanol–water partition coefficient (Wildman–Crippen LogP) is 1.66. The molecule has 0 saturated heterocycles. The lowest BCUT2D eigenvalue weighted by Gasteiger charge is -2.27. The van der Waals surface area contributed by atoms with Gasteiger partial charge in [-0.3, -0.25) is 4.90 Å². The highest BCUT2D eigenvalue weighted by atomic mass is 16.5.